The zero-order valence-electron chi connectivity index (χ0n) is 22.1. The van der Waals surface area contributed by atoms with Gasteiger partial charge in [0.15, 0.2) is 18.2 Å². The molecule has 3 aromatic rings. The van der Waals surface area contributed by atoms with Crippen molar-refractivity contribution in [3.63, 3.8) is 0 Å². The highest BCUT2D eigenvalue weighted by Crippen LogP contribution is 2.38. The van der Waals surface area contributed by atoms with Crippen molar-refractivity contribution in [2.24, 2.45) is 0 Å². The van der Waals surface area contributed by atoms with Gasteiger partial charge in [-0.1, -0.05) is 0 Å². The molecule has 1 aromatic heterocycles. The van der Waals surface area contributed by atoms with Gasteiger partial charge in [0.05, 0.1) is 13.2 Å². The number of benzene rings is 2. The standard InChI is InChI=1S/C27H30O16/c28-7-14-17(33)20(36)22(38)26(40-14)43-25-21(37)18(34)15(8-29)41-27(25)42-24-19(35)16-12(32)5-11(31)6-13(16)39-23(24)9-1-3-10(30)4-2-9/h1-6,14-15,17-18,20-22,25-34,36-38H,7-8H2/t14-,15?,17-,18-,20?,21?,22-,25-,26?,27+/m1/s1. The van der Waals surface area contributed by atoms with E-state index in [4.69, 9.17) is 23.4 Å². The van der Waals surface area contributed by atoms with Crippen LogP contribution in [0, 0.1) is 0 Å². The molecule has 10 atom stereocenters. The molecule has 4 unspecified atom stereocenters. The van der Waals surface area contributed by atoms with Gasteiger partial charge in [0.2, 0.25) is 17.5 Å². The molecule has 16 nitrogen and oxygen atoms in total. The van der Waals surface area contributed by atoms with Crippen molar-refractivity contribution in [3.05, 3.63) is 46.6 Å². The lowest BCUT2D eigenvalue weighted by atomic mass is 9.97. The minimum absolute atomic E-state index is 0.129. The van der Waals surface area contributed by atoms with Gasteiger partial charge >= 0.3 is 0 Å². The first-order chi connectivity index (χ1) is 20.4. The molecule has 0 saturated carbocycles. The van der Waals surface area contributed by atoms with E-state index in [0.29, 0.717) is 0 Å². The molecular weight excluding hydrogens is 580 g/mol. The maximum Gasteiger partial charge on any atom is 0.239 e. The van der Waals surface area contributed by atoms with Crippen molar-refractivity contribution >= 4 is 11.0 Å². The number of ether oxygens (including phenoxy) is 4. The number of aliphatic hydroxyl groups excluding tert-OH is 7. The van der Waals surface area contributed by atoms with Gasteiger partial charge in [0.25, 0.3) is 0 Å². The molecule has 2 aliphatic heterocycles. The smallest absolute Gasteiger partial charge is 0.239 e. The number of phenolic OH excluding ortho intramolecular Hbond substituents is 3. The van der Waals surface area contributed by atoms with Crippen molar-refractivity contribution in [1.29, 1.82) is 0 Å². The van der Waals surface area contributed by atoms with Crippen LogP contribution in [0.25, 0.3) is 22.3 Å². The number of aromatic hydroxyl groups is 3. The summed E-state index contributed by atoms with van der Waals surface area (Å²) in [6, 6.07) is 7.20. The summed E-state index contributed by atoms with van der Waals surface area (Å²) in [5.74, 6) is -2.15. The van der Waals surface area contributed by atoms with E-state index in [9.17, 15) is 55.9 Å². The maximum absolute atomic E-state index is 13.7. The Morgan fingerprint density at radius 3 is 1.95 bits per heavy atom. The van der Waals surface area contributed by atoms with Crippen LogP contribution >= 0.6 is 0 Å². The molecule has 234 valence electrons. The Morgan fingerprint density at radius 2 is 1.33 bits per heavy atom. The number of aliphatic hydroxyl groups is 7. The van der Waals surface area contributed by atoms with Gasteiger partial charge < -0.3 is 74.4 Å². The van der Waals surface area contributed by atoms with Crippen LogP contribution in [-0.2, 0) is 14.2 Å². The lowest BCUT2D eigenvalue weighted by Gasteiger charge is -2.45. The molecule has 2 aromatic carbocycles. The zero-order valence-corrected chi connectivity index (χ0v) is 22.1. The molecular formula is C27H30O16. The number of fused-ring (bicyclic) bond motifs is 1. The second kappa shape index (κ2) is 12.2. The van der Waals surface area contributed by atoms with E-state index < -0.39 is 103 Å². The predicted octanol–water partition coefficient (Wildman–Crippen LogP) is -2.42. The van der Waals surface area contributed by atoms with Gasteiger partial charge in [-0.25, -0.2) is 0 Å². The van der Waals surface area contributed by atoms with Gasteiger partial charge in [0.1, 0.15) is 70.9 Å². The fourth-order valence-electron chi connectivity index (χ4n) is 4.92. The summed E-state index contributed by atoms with van der Waals surface area (Å²) < 4.78 is 28.3. The molecule has 16 heteroatoms. The van der Waals surface area contributed by atoms with Crippen molar-refractivity contribution in [2.75, 3.05) is 13.2 Å². The highest BCUT2D eigenvalue weighted by molar-refractivity contribution is 5.88. The highest BCUT2D eigenvalue weighted by atomic mass is 16.8. The molecule has 3 heterocycles. The normalized spacial score (nSPS) is 33.0. The Kier molecular flexibility index (Phi) is 8.77. The summed E-state index contributed by atoms with van der Waals surface area (Å²) in [6.45, 7) is -1.63. The van der Waals surface area contributed by atoms with Crippen LogP contribution in [0.5, 0.6) is 23.0 Å². The number of hydrogen-bond acceptors (Lipinski definition) is 16. The molecule has 2 fully saturated rings. The minimum atomic E-state index is -1.93. The molecule has 43 heavy (non-hydrogen) atoms. The molecule has 0 bridgehead atoms. The van der Waals surface area contributed by atoms with Crippen molar-refractivity contribution in [1.82, 2.24) is 0 Å². The quantitative estimate of drug-likeness (QED) is 0.133. The van der Waals surface area contributed by atoms with Crippen molar-refractivity contribution < 1.29 is 74.4 Å². The molecule has 2 aliphatic rings. The van der Waals surface area contributed by atoms with Gasteiger partial charge in [-0.05, 0) is 24.3 Å². The fraction of sp³-hybridized carbons (Fsp3) is 0.444. The average molecular weight is 611 g/mol. The molecule has 5 rings (SSSR count). The van der Waals surface area contributed by atoms with E-state index in [1.54, 1.807) is 0 Å². The first kappa shape index (κ1) is 30.9. The third kappa shape index (κ3) is 5.73. The summed E-state index contributed by atoms with van der Waals surface area (Å²) in [5.41, 5.74) is -1.07. The summed E-state index contributed by atoms with van der Waals surface area (Å²) >= 11 is 0. The number of phenols is 3. The summed E-state index contributed by atoms with van der Waals surface area (Å²) in [4.78, 5) is 13.7. The zero-order chi connectivity index (χ0) is 31.2. The second-order valence-corrected chi connectivity index (χ2v) is 10.1. The number of hydrogen-bond donors (Lipinski definition) is 10. The average Bonchev–Trinajstić information content (AvgIpc) is 2.97. The predicted molar refractivity (Wildman–Crippen MR) is 140 cm³/mol. The monoisotopic (exact) mass is 610 g/mol. The van der Waals surface area contributed by atoms with E-state index in [1.165, 1.54) is 24.3 Å². The van der Waals surface area contributed by atoms with Gasteiger partial charge in [-0.3, -0.25) is 4.79 Å². The van der Waals surface area contributed by atoms with Crippen LogP contribution in [0.15, 0.2) is 45.6 Å². The van der Waals surface area contributed by atoms with Crippen LogP contribution in [0.3, 0.4) is 0 Å². The molecule has 2 saturated heterocycles. The lowest BCUT2D eigenvalue weighted by molar-refractivity contribution is -0.358. The summed E-state index contributed by atoms with van der Waals surface area (Å²) in [5, 5.41) is 101. The SMILES string of the molecule is O=c1c(O[C@@H]2OC(CO)[C@@H](O)C(O)[C@H]2OC2O[C@H](CO)[C@@H](O)C(O)[C@H]2O)c(-c2ccc(O)cc2)oc2cc(O)cc(O)c12. The third-order valence-corrected chi connectivity index (χ3v) is 7.25. The Morgan fingerprint density at radius 1 is 0.721 bits per heavy atom. The fourth-order valence-corrected chi connectivity index (χ4v) is 4.92. The second-order valence-electron chi connectivity index (χ2n) is 10.1. The van der Waals surface area contributed by atoms with E-state index in [1.807, 2.05) is 0 Å². The molecule has 0 aliphatic carbocycles. The largest absolute Gasteiger partial charge is 0.508 e. The van der Waals surface area contributed by atoms with Crippen molar-refractivity contribution in [3.8, 4) is 34.3 Å². The Labute approximate surface area is 241 Å². The lowest BCUT2D eigenvalue weighted by Crippen LogP contribution is -2.65. The highest BCUT2D eigenvalue weighted by Gasteiger charge is 2.51. The van der Waals surface area contributed by atoms with Crippen LogP contribution in [0.4, 0.5) is 0 Å². The van der Waals surface area contributed by atoms with Gasteiger partial charge in [-0.15, -0.1) is 0 Å². The van der Waals surface area contributed by atoms with E-state index in [2.05, 4.69) is 0 Å². The third-order valence-electron chi connectivity index (χ3n) is 7.25. The van der Waals surface area contributed by atoms with E-state index >= 15 is 0 Å². The maximum atomic E-state index is 13.7. The molecule has 0 radical (unpaired) electrons. The van der Waals surface area contributed by atoms with E-state index in [0.717, 1.165) is 12.1 Å². The first-order valence-corrected chi connectivity index (χ1v) is 13.0. The Bertz CT molecular complexity index is 1490. The van der Waals surface area contributed by atoms with Crippen LogP contribution in [-0.4, -0.2) is 126 Å². The van der Waals surface area contributed by atoms with Crippen LogP contribution < -0.4 is 10.2 Å². The summed E-state index contributed by atoms with van der Waals surface area (Å²) in [6.07, 6.45) is -17.7. The number of rotatable bonds is 7. The van der Waals surface area contributed by atoms with E-state index in [-0.39, 0.29) is 22.7 Å². The van der Waals surface area contributed by atoms with Crippen molar-refractivity contribution in [2.45, 2.75) is 61.4 Å². The topological polar surface area (TPSA) is 269 Å². The van der Waals surface area contributed by atoms with Gasteiger partial charge in [-0.2, -0.15) is 0 Å². The molecule has 10 N–H and O–H groups in total. The first-order valence-electron chi connectivity index (χ1n) is 13.0. The van der Waals surface area contributed by atoms with Crippen LogP contribution in [0.2, 0.25) is 0 Å². The minimum Gasteiger partial charge on any atom is -0.508 e. The van der Waals surface area contributed by atoms with Gasteiger partial charge in [0, 0.05) is 17.7 Å². The van der Waals surface area contributed by atoms with Crippen LogP contribution in [0.1, 0.15) is 0 Å². The molecule has 0 spiro atoms. The molecule has 0 amide bonds. The Hall–Kier alpha value is -3.55. The Balaban J connectivity index is 1.60. The summed E-state index contributed by atoms with van der Waals surface area (Å²) in [7, 11) is 0.